The third-order valence-corrected chi connectivity index (χ3v) is 7.38. The second-order valence-electron chi connectivity index (χ2n) is 9.73. The standard InChI is InChI=1S/C34H22O4/c1-19-7-3-5-9-23(19)21-12-15-29-26(17-21)32(35)25-13-16-30-31(34(25)38-29)33(36)27-18-22(11-14-28(27)37-30)24-10-6-4-8-20(24)2/h3-18H,1-2H3. The van der Waals surface area contributed by atoms with E-state index in [4.69, 9.17) is 8.83 Å². The summed E-state index contributed by atoms with van der Waals surface area (Å²) in [6.07, 6.45) is 0. The van der Waals surface area contributed by atoms with Gasteiger partial charge in [0.1, 0.15) is 22.1 Å². The summed E-state index contributed by atoms with van der Waals surface area (Å²) in [6, 6.07) is 30.7. The lowest BCUT2D eigenvalue weighted by molar-refractivity contribution is 0.649. The van der Waals surface area contributed by atoms with Gasteiger partial charge in [0.05, 0.1) is 16.2 Å². The minimum Gasteiger partial charge on any atom is -0.456 e. The fraction of sp³-hybridized carbons (Fsp3) is 0.0588. The Bertz CT molecular complexity index is 2200. The van der Waals surface area contributed by atoms with E-state index in [9.17, 15) is 9.59 Å². The number of hydrogen-bond donors (Lipinski definition) is 0. The normalized spacial score (nSPS) is 11.6. The second kappa shape index (κ2) is 8.29. The zero-order valence-electron chi connectivity index (χ0n) is 20.9. The second-order valence-corrected chi connectivity index (χ2v) is 9.73. The monoisotopic (exact) mass is 494 g/mol. The van der Waals surface area contributed by atoms with Crippen molar-refractivity contribution in [2.45, 2.75) is 13.8 Å². The van der Waals surface area contributed by atoms with Crippen LogP contribution < -0.4 is 10.9 Å². The molecular weight excluding hydrogens is 472 g/mol. The van der Waals surface area contributed by atoms with E-state index in [-0.39, 0.29) is 21.8 Å². The van der Waals surface area contributed by atoms with Gasteiger partial charge >= 0.3 is 0 Å². The summed E-state index contributed by atoms with van der Waals surface area (Å²) in [6.45, 7) is 4.09. The van der Waals surface area contributed by atoms with E-state index >= 15 is 0 Å². The molecule has 182 valence electrons. The van der Waals surface area contributed by atoms with Crippen LogP contribution in [0.5, 0.6) is 0 Å². The SMILES string of the molecule is Cc1ccccc1-c1ccc2oc3c(ccc4oc5ccc(-c6ccccc6C)cc5c(=O)c43)c(=O)c2c1. The molecule has 0 radical (unpaired) electrons. The molecule has 0 aliphatic heterocycles. The van der Waals surface area contributed by atoms with E-state index in [1.807, 2.05) is 92.7 Å². The van der Waals surface area contributed by atoms with Crippen LogP contribution in [0.15, 0.2) is 115 Å². The van der Waals surface area contributed by atoms with Crippen molar-refractivity contribution in [3.8, 4) is 22.3 Å². The molecule has 0 spiro atoms. The Balaban J connectivity index is 1.51. The van der Waals surface area contributed by atoms with E-state index in [0.29, 0.717) is 32.9 Å². The van der Waals surface area contributed by atoms with Gasteiger partial charge in [-0.15, -0.1) is 0 Å². The van der Waals surface area contributed by atoms with Crippen LogP contribution in [0.1, 0.15) is 11.1 Å². The van der Waals surface area contributed by atoms with Gasteiger partial charge in [0.25, 0.3) is 0 Å². The van der Waals surface area contributed by atoms with Gasteiger partial charge < -0.3 is 8.83 Å². The van der Waals surface area contributed by atoms with Crippen LogP contribution >= 0.6 is 0 Å². The fourth-order valence-electron chi connectivity index (χ4n) is 5.38. The smallest absolute Gasteiger partial charge is 0.204 e. The van der Waals surface area contributed by atoms with Crippen LogP contribution in [0, 0.1) is 13.8 Å². The minimum atomic E-state index is -0.221. The third-order valence-electron chi connectivity index (χ3n) is 7.38. The van der Waals surface area contributed by atoms with Gasteiger partial charge in [-0.25, -0.2) is 0 Å². The lowest BCUT2D eigenvalue weighted by Crippen LogP contribution is -2.07. The average Bonchev–Trinajstić information content (AvgIpc) is 2.93. The highest BCUT2D eigenvalue weighted by Crippen LogP contribution is 2.32. The Morgan fingerprint density at radius 2 is 1.03 bits per heavy atom. The topological polar surface area (TPSA) is 60.4 Å². The Morgan fingerprint density at radius 3 is 1.63 bits per heavy atom. The molecule has 0 atom stereocenters. The summed E-state index contributed by atoms with van der Waals surface area (Å²) in [5.41, 5.74) is 7.38. The molecule has 0 bridgehead atoms. The van der Waals surface area contributed by atoms with Crippen molar-refractivity contribution in [2.24, 2.45) is 0 Å². The Kier molecular flexibility index (Phi) is 4.85. The third kappa shape index (κ3) is 3.31. The maximum absolute atomic E-state index is 13.9. The highest BCUT2D eigenvalue weighted by Gasteiger charge is 2.18. The molecule has 0 saturated carbocycles. The van der Waals surface area contributed by atoms with Gasteiger partial charge in [0, 0.05) is 0 Å². The van der Waals surface area contributed by atoms with Crippen molar-refractivity contribution in [2.75, 3.05) is 0 Å². The lowest BCUT2D eigenvalue weighted by atomic mass is 9.98. The molecule has 2 heterocycles. The van der Waals surface area contributed by atoms with Gasteiger partial charge in [-0.05, 0) is 83.6 Å². The van der Waals surface area contributed by atoms with E-state index < -0.39 is 0 Å². The molecule has 0 amide bonds. The zero-order valence-corrected chi connectivity index (χ0v) is 20.9. The quantitative estimate of drug-likeness (QED) is 0.180. The van der Waals surface area contributed by atoms with Crippen molar-refractivity contribution in [1.29, 1.82) is 0 Å². The summed E-state index contributed by atoms with van der Waals surface area (Å²) < 4.78 is 12.4. The summed E-state index contributed by atoms with van der Waals surface area (Å²) in [5.74, 6) is 0. The first-order valence-electron chi connectivity index (χ1n) is 12.5. The Hall–Kier alpha value is -4.96. The molecular formula is C34H22O4. The highest BCUT2D eigenvalue weighted by molar-refractivity contribution is 6.07. The molecule has 0 aliphatic carbocycles. The van der Waals surface area contributed by atoms with Crippen molar-refractivity contribution in [3.63, 3.8) is 0 Å². The number of hydrogen-bond acceptors (Lipinski definition) is 4. The van der Waals surface area contributed by atoms with Crippen molar-refractivity contribution < 1.29 is 8.83 Å². The van der Waals surface area contributed by atoms with Crippen molar-refractivity contribution >= 4 is 43.9 Å². The van der Waals surface area contributed by atoms with Crippen molar-refractivity contribution in [1.82, 2.24) is 0 Å². The van der Waals surface area contributed by atoms with E-state index in [1.165, 1.54) is 0 Å². The van der Waals surface area contributed by atoms with Crippen molar-refractivity contribution in [3.05, 3.63) is 129 Å². The largest absolute Gasteiger partial charge is 0.456 e. The van der Waals surface area contributed by atoms with Crippen LogP contribution in [0.3, 0.4) is 0 Å². The van der Waals surface area contributed by atoms with Crippen LogP contribution in [-0.2, 0) is 0 Å². The van der Waals surface area contributed by atoms with Crippen LogP contribution in [0.25, 0.3) is 66.1 Å². The number of aryl methyl sites for hydroxylation is 2. The highest BCUT2D eigenvalue weighted by atomic mass is 16.3. The fourth-order valence-corrected chi connectivity index (χ4v) is 5.38. The maximum Gasteiger partial charge on any atom is 0.204 e. The molecule has 5 aromatic carbocycles. The lowest BCUT2D eigenvalue weighted by Gasteiger charge is -2.10. The van der Waals surface area contributed by atoms with E-state index in [1.54, 1.807) is 18.2 Å². The van der Waals surface area contributed by atoms with Gasteiger partial charge in [-0.2, -0.15) is 0 Å². The Labute approximate surface area is 217 Å². The first kappa shape index (κ1) is 22.3. The van der Waals surface area contributed by atoms with Crippen LogP contribution in [0.2, 0.25) is 0 Å². The molecule has 0 saturated heterocycles. The van der Waals surface area contributed by atoms with Gasteiger partial charge in [-0.1, -0.05) is 60.7 Å². The van der Waals surface area contributed by atoms with Gasteiger partial charge in [0.2, 0.25) is 10.9 Å². The predicted octanol–water partition coefficient (Wildman–Crippen LogP) is 8.16. The molecule has 2 aromatic heterocycles. The Morgan fingerprint density at radius 1 is 0.500 bits per heavy atom. The zero-order chi connectivity index (χ0) is 26.0. The first-order chi connectivity index (χ1) is 18.5. The molecule has 0 aliphatic rings. The molecule has 0 N–H and O–H groups in total. The van der Waals surface area contributed by atoms with E-state index in [2.05, 4.69) is 0 Å². The summed E-state index contributed by atoms with van der Waals surface area (Å²) in [4.78, 5) is 27.5. The molecule has 0 fully saturated rings. The van der Waals surface area contributed by atoms with Gasteiger partial charge in [-0.3, -0.25) is 9.59 Å². The first-order valence-corrected chi connectivity index (χ1v) is 12.5. The number of benzene rings is 5. The maximum atomic E-state index is 13.9. The molecule has 7 rings (SSSR count). The number of fused-ring (bicyclic) bond motifs is 5. The minimum absolute atomic E-state index is 0.174. The summed E-state index contributed by atoms with van der Waals surface area (Å²) in [7, 11) is 0. The number of rotatable bonds is 2. The molecule has 4 heteroatoms. The average molecular weight is 495 g/mol. The summed E-state index contributed by atoms with van der Waals surface area (Å²) >= 11 is 0. The van der Waals surface area contributed by atoms with Crippen LogP contribution in [-0.4, -0.2) is 0 Å². The molecule has 4 nitrogen and oxygen atoms in total. The van der Waals surface area contributed by atoms with Gasteiger partial charge in [0.15, 0.2) is 5.58 Å². The predicted molar refractivity (Wildman–Crippen MR) is 154 cm³/mol. The van der Waals surface area contributed by atoms with E-state index in [0.717, 1.165) is 33.4 Å². The molecule has 7 aromatic rings. The molecule has 0 unspecified atom stereocenters. The summed E-state index contributed by atoms with van der Waals surface area (Å²) in [5, 5.41) is 1.56. The molecule has 38 heavy (non-hydrogen) atoms. The van der Waals surface area contributed by atoms with Crippen LogP contribution in [0.4, 0.5) is 0 Å².